The van der Waals surface area contributed by atoms with E-state index < -0.39 is 0 Å². The van der Waals surface area contributed by atoms with Crippen LogP contribution in [0.5, 0.6) is 0 Å². The van der Waals surface area contributed by atoms with Gasteiger partial charge >= 0.3 is 0 Å². The van der Waals surface area contributed by atoms with Gasteiger partial charge in [0.05, 0.1) is 16.8 Å². The summed E-state index contributed by atoms with van der Waals surface area (Å²) in [7, 11) is 1.70. The molecule has 1 saturated carbocycles. The fourth-order valence-electron chi connectivity index (χ4n) is 2.36. The molecule has 104 valence electrons. The van der Waals surface area contributed by atoms with E-state index in [9.17, 15) is 4.79 Å². The van der Waals surface area contributed by atoms with Gasteiger partial charge in [-0.15, -0.1) is 0 Å². The van der Waals surface area contributed by atoms with Crippen molar-refractivity contribution in [3.63, 3.8) is 0 Å². The first kappa shape index (κ1) is 14.5. The molecule has 3 nitrogen and oxygen atoms in total. The molecular formula is C15H20BrNO2. The number of carbonyl (C=O) groups excluding carboxylic acids is 1. The molecule has 0 saturated heterocycles. The van der Waals surface area contributed by atoms with Crippen LogP contribution in [-0.4, -0.2) is 25.2 Å². The Morgan fingerprint density at radius 3 is 2.63 bits per heavy atom. The normalized spacial score (nSPS) is 18.4. The maximum Gasteiger partial charge on any atom is 0.222 e. The van der Waals surface area contributed by atoms with E-state index in [0.29, 0.717) is 13.0 Å². The Bertz CT molecular complexity index is 412. The van der Waals surface area contributed by atoms with Gasteiger partial charge in [-0.25, -0.2) is 0 Å². The number of alkyl halides is 1. The second-order valence-corrected chi connectivity index (χ2v) is 6.21. The van der Waals surface area contributed by atoms with Crippen LogP contribution in [0.2, 0.25) is 0 Å². The lowest BCUT2D eigenvalue weighted by Gasteiger charge is -2.39. The predicted molar refractivity (Wildman–Crippen MR) is 79.3 cm³/mol. The smallest absolute Gasteiger partial charge is 0.222 e. The molecule has 1 aromatic carbocycles. The maximum atomic E-state index is 11.9. The summed E-state index contributed by atoms with van der Waals surface area (Å²) in [5.41, 5.74) is 0.978. The van der Waals surface area contributed by atoms with Crippen molar-refractivity contribution in [3.05, 3.63) is 35.9 Å². The zero-order chi connectivity index (χ0) is 13.7. The van der Waals surface area contributed by atoms with Crippen LogP contribution in [0.25, 0.3) is 0 Å². The summed E-state index contributed by atoms with van der Waals surface area (Å²) in [6.45, 7) is 0.600. The molecule has 1 aliphatic rings. The van der Waals surface area contributed by atoms with Crippen LogP contribution in [0.3, 0.4) is 0 Å². The highest BCUT2D eigenvalue weighted by molar-refractivity contribution is 9.09. The zero-order valence-corrected chi connectivity index (χ0v) is 12.8. The number of methoxy groups -OCH3 is 1. The Morgan fingerprint density at radius 1 is 1.42 bits per heavy atom. The summed E-state index contributed by atoms with van der Waals surface area (Å²) in [6.07, 6.45) is 3.62. The van der Waals surface area contributed by atoms with Crippen molar-refractivity contribution in [3.8, 4) is 0 Å². The first-order chi connectivity index (χ1) is 9.15. The van der Waals surface area contributed by atoms with E-state index in [1.54, 1.807) is 7.11 Å². The van der Waals surface area contributed by atoms with Crippen LogP contribution < -0.4 is 5.32 Å². The van der Waals surface area contributed by atoms with E-state index in [1.807, 2.05) is 30.3 Å². The van der Waals surface area contributed by atoms with Crippen LogP contribution in [0, 0.1) is 0 Å². The molecule has 0 aromatic heterocycles. The molecule has 0 spiro atoms. The Balaban J connectivity index is 1.77. The fraction of sp³-hybridized carbons (Fsp3) is 0.533. The van der Waals surface area contributed by atoms with Crippen molar-refractivity contribution >= 4 is 21.8 Å². The third kappa shape index (κ3) is 3.80. The number of benzene rings is 1. The average Bonchev–Trinajstić information content (AvgIpc) is 2.41. The predicted octanol–water partition coefficient (Wildman–Crippen LogP) is 3.20. The van der Waals surface area contributed by atoms with Gasteiger partial charge in [-0.05, 0) is 24.8 Å². The zero-order valence-electron chi connectivity index (χ0n) is 11.2. The van der Waals surface area contributed by atoms with Gasteiger partial charge in [0.1, 0.15) is 0 Å². The van der Waals surface area contributed by atoms with Crippen molar-refractivity contribution in [1.29, 1.82) is 0 Å². The average molecular weight is 326 g/mol. The van der Waals surface area contributed by atoms with Crippen LogP contribution in [0.4, 0.5) is 0 Å². The van der Waals surface area contributed by atoms with Crippen molar-refractivity contribution < 1.29 is 9.53 Å². The standard InChI is InChI=1S/C15H20BrNO2/c1-19-15(8-5-9-15)10-14(18)17-11-13(16)12-6-3-2-4-7-12/h2-4,6-7,13H,5,8-11H2,1H3,(H,17,18). The van der Waals surface area contributed by atoms with Crippen molar-refractivity contribution in [1.82, 2.24) is 5.32 Å². The monoisotopic (exact) mass is 325 g/mol. The van der Waals surface area contributed by atoms with Crippen LogP contribution in [0.15, 0.2) is 30.3 Å². The minimum absolute atomic E-state index is 0.0712. The second-order valence-electron chi connectivity index (χ2n) is 5.10. The summed E-state index contributed by atoms with van der Waals surface area (Å²) < 4.78 is 5.46. The minimum Gasteiger partial charge on any atom is -0.378 e. The number of rotatable bonds is 6. The Labute approximate surface area is 122 Å². The quantitative estimate of drug-likeness (QED) is 0.816. The van der Waals surface area contributed by atoms with Gasteiger partial charge in [-0.1, -0.05) is 46.3 Å². The number of hydrogen-bond donors (Lipinski definition) is 1. The minimum atomic E-state index is -0.196. The molecule has 0 bridgehead atoms. The van der Waals surface area contributed by atoms with Crippen LogP contribution >= 0.6 is 15.9 Å². The molecule has 1 unspecified atom stereocenters. The molecule has 1 aromatic rings. The fourth-order valence-corrected chi connectivity index (χ4v) is 2.83. The van der Waals surface area contributed by atoms with E-state index in [4.69, 9.17) is 4.74 Å². The molecule has 1 fully saturated rings. The molecule has 1 atom stereocenters. The van der Waals surface area contributed by atoms with E-state index in [2.05, 4.69) is 21.2 Å². The largest absolute Gasteiger partial charge is 0.378 e. The number of nitrogens with one attached hydrogen (secondary N) is 1. The highest BCUT2D eigenvalue weighted by Gasteiger charge is 2.38. The van der Waals surface area contributed by atoms with E-state index in [-0.39, 0.29) is 16.3 Å². The van der Waals surface area contributed by atoms with Gasteiger partial charge in [0.2, 0.25) is 5.91 Å². The third-order valence-corrected chi connectivity index (χ3v) is 4.67. The van der Waals surface area contributed by atoms with Gasteiger partial charge in [0.25, 0.3) is 0 Å². The summed E-state index contributed by atoms with van der Waals surface area (Å²) >= 11 is 3.60. The number of ether oxygens (including phenoxy) is 1. The number of amides is 1. The Hall–Kier alpha value is -0.870. The van der Waals surface area contributed by atoms with Gasteiger partial charge < -0.3 is 10.1 Å². The second kappa shape index (κ2) is 6.53. The van der Waals surface area contributed by atoms with Gasteiger partial charge in [-0.3, -0.25) is 4.79 Å². The highest BCUT2D eigenvalue weighted by Crippen LogP contribution is 2.37. The van der Waals surface area contributed by atoms with Gasteiger partial charge in [-0.2, -0.15) is 0 Å². The summed E-state index contributed by atoms with van der Waals surface area (Å²) in [4.78, 5) is 12.1. The molecule has 1 N–H and O–H groups in total. The Kier molecular flexibility index (Phi) is 4.99. The van der Waals surface area contributed by atoms with E-state index in [0.717, 1.165) is 19.3 Å². The topological polar surface area (TPSA) is 38.3 Å². The van der Waals surface area contributed by atoms with Gasteiger partial charge in [0.15, 0.2) is 0 Å². The molecular weight excluding hydrogens is 306 g/mol. The molecule has 4 heteroatoms. The lowest BCUT2D eigenvalue weighted by atomic mass is 9.77. The molecule has 1 amide bonds. The summed E-state index contributed by atoms with van der Waals surface area (Å²) in [5, 5.41) is 2.97. The van der Waals surface area contributed by atoms with Crippen molar-refractivity contribution in [2.24, 2.45) is 0 Å². The molecule has 0 heterocycles. The van der Waals surface area contributed by atoms with Crippen LogP contribution in [-0.2, 0) is 9.53 Å². The van der Waals surface area contributed by atoms with E-state index >= 15 is 0 Å². The lowest BCUT2D eigenvalue weighted by Crippen LogP contribution is -2.44. The maximum absolute atomic E-state index is 11.9. The van der Waals surface area contributed by atoms with E-state index in [1.165, 1.54) is 5.56 Å². The molecule has 0 aliphatic heterocycles. The lowest BCUT2D eigenvalue weighted by molar-refractivity contribution is -0.134. The first-order valence-corrected chi connectivity index (χ1v) is 7.58. The molecule has 2 rings (SSSR count). The summed E-state index contributed by atoms with van der Waals surface area (Å²) in [5.74, 6) is 0.0712. The third-order valence-electron chi connectivity index (χ3n) is 3.82. The Morgan fingerprint density at radius 2 is 2.11 bits per heavy atom. The van der Waals surface area contributed by atoms with Crippen LogP contribution in [0.1, 0.15) is 36.1 Å². The first-order valence-electron chi connectivity index (χ1n) is 6.66. The summed E-state index contributed by atoms with van der Waals surface area (Å²) in [6, 6.07) is 10.1. The molecule has 0 radical (unpaired) electrons. The van der Waals surface area contributed by atoms with Crippen molar-refractivity contribution in [2.45, 2.75) is 36.1 Å². The number of carbonyl (C=O) groups is 1. The molecule has 1 aliphatic carbocycles. The SMILES string of the molecule is COC1(CC(=O)NCC(Br)c2ccccc2)CCC1. The highest BCUT2D eigenvalue weighted by atomic mass is 79.9. The van der Waals surface area contributed by atoms with Gasteiger partial charge in [0, 0.05) is 13.7 Å². The number of hydrogen-bond acceptors (Lipinski definition) is 2. The molecule has 19 heavy (non-hydrogen) atoms. The number of halogens is 1. The van der Waals surface area contributed by atoms with Crippen molar-refractivity contribution in [2.75, 3.05) is 13.7 Å².